The lowest BCUT2D eigenvalue weighted by Crippen LogP contribution is -2.35. The molecule has 5 nitrogen and oxygen atoms in total. The van der Waals surface area contributed by atoms with E-state index in [-0.39, 0.29) is 11.9 Å². The van der Waals surface area contributed by atoms with E-state index in [0.29, 0.717) is 18.9 Å². The number of nitrogens with one attached hydrogen (secondary N) is 2. The fourth-order valence-electron chi connectivity index (χ4n) is 4.57. The second-order valence-electron chi connectivity index (χ2n) is 8.86. The predicted octanol–water partition coefficient (Wildman–Crippen LogP) is 6.28. The van der Waals surface area contributed by atoms with Crippen LogP contribution in [0.25, 0.3) is 11.0 Å². The minimum atomic E-state index is -0.121. The molecule has 2 unspecified atom stereocenters. The third-order valence-electron chi connectivity index (χ3n) is 6.32. The van der Waals surface area contributed by atoms with Crippen molar-refractivity contribution in [1.29, 1.82) is 0 Å². The standard InChI is InChI=1S/C27H30N4OS2/c1-18-11-12-25-23(17-18)31(22-9-5-6-10-24(22)34-25)15-13-26(32)28-21(14-16-33-2)27-29-19-7-3-4-8-20(19)30-27/h3-12,18,21H,13-17H2,1-2H3,(H,28,32)(H,29,30). The van der Waals surface area contributed by atoms with Crippen LogP contribution in [0.3, 0.4) is 0 Å². The average molecular weight is 491 g/mol. The molecule has 0 radical (unpaired) electrons. The number of nitrogens with zero attached hydrogens (tertiary/aromatic N) is 2. The molecule has 0 saturated carbocycles. The number of anilines is 1. The van der Waals surface area contributed by atoms with Gasteiger partial charge in [0.05, 0.1) is 22.8 Å². The van der Waals surface area contributed by atoms with Gasteiger partial charge in [-0.25, -0.2) is 4.98 Å². The Labute approximate surface area is 209 Å². The molecule has 0 fully saturated rings. The number of H-pyrrole nitrogens is 1. The lowest BCUT2D eigenvalue weighted by atomic mass is 9.98. The van der Waals surface area contributed by atoms with Crippen LogP contribution in [-0.4, -0.2) is 34.4 Å². The van der Waals surface area contributed by atoms with E-state index in [9.17, 15) is 4.79 Å². The van der Waals surface area contributed by atoms with Gasteiger partial charge in [0.2, 0.25) is 5.91 Å². The maximum absolute atomic E-state index is 13.2. The molecule has 0 saturated heterocycles. The lowest BCUT2D eigenvalue weighted by Gasteiger charge is -2.37. The molecule has 7 heteroatoms. The number of aromatic nitrogens is 2. The molecule has 2 heterocycles. The summed E-state index contributed by atoms with van der Waals surface area (Å²) in [6.07, 6.45) is 8.90. The normalized spacial score (nSPS) is 18.1. The van der Waals surface area contributed by atoms with E-state index in [2.05, 4.69) is 64.8 Å². The summed E-state index contributed by atoms with van der Waals surface area (Å²) in [5, 5.41) is 3.27. The minimum Gasteiger partial charge on any atom is -0.346 e. The smallest absolute Gasteiger partial charge is 0.222 e. The average Bonchev–Trinajstić information content (AvgIpc) is 3.29. The first-order valence-electron chi connectivity index (χ1n) is 11.8. The highest BCUT2D eigenvalue weighted by Gasteiger charge is 2.28. The zero-order chi connectivity index (χ0) is 23.5. The molecule has 1 aliphatic carbocycles. The van der Waals surface area contributed by atoms with Gasteiger partial charge in [-0.3, -0.25) is 4.79 Å². The summed E-state index contributed by atoms with van der Waals surface area (Å²) in [7, 11) is 0. The maximum Gasteiger partial charge on any atom is 0.222 e. The van der Waals surface area contributed by atoms with Crippen LogP contribution in [0.2, 0.25) is 0 Å². The molecule has 2 atom stereocenters. The number of allylic oxidation sites excluding steroid dienone is 3. The molecule has 5 rings (SSSR count). The van der Waals surface area contributed by atoms with Crippen LogP contribution >= 0.6 is 23.5 Å². The first-order chi connectivity index (χ1) is 16.6. The fourth-order valence-corrected chi connectivity index (χ4v) is 6.17. The summed E-state index contributed by atoms with van der Waals surface area (Å²) in [6.45, 7) is 2.91. The van der Waals surface area contributed by atoms with Gasteiger partial charge < -0.3 is 15.2 Å². The number of aromatic amines is 1. The third-order valence-corrected chi connectivity index (χ3v) is 8.12. The highest BCUT2D eigenvalue weighted by Crippen LogP contribution is 2.47. The molecule has 3 aromatic rings. The van der Waals surface area contributed by atoms with Gasteiger partial charge in [-0.15, -0.1) is 0 Å². The van der Waals surface area contributed by atoms with Crippen LogP contribution in [0.4, 0.5) is 5.69 Å². The van der Waals surface area contributed by atoms with Gasteiger partial charge in [-0.05, 0) is 55.0 Å². The van der Waals surface area contributed by atoms with Crippen molar-refractivity contribution in [3.63, 3.8) is 0 Å². The van der Waals surface area contributed by atoms with Gasteiger partial charge in [0, 0.05) is 28.5 Å². The Hall–Kier alpha value is -2.64. The summed E-state index contributed by atoms with van der Waals surface area (Å²) in [5.41, 5.74) is 4.48. The van der Waals surface area contributed by atoms with E-state index in [0.717, 1.165) is 35.5 Å². The van der Waals surface area contributed by atoms with E-state index >= 15 is 0 Å². The fraction of sp³-hybridized carbons (Fsp3) is 0.333. The van der Waals surface area contributed by atoms with Crippen LogP contribution in [0.1, 0.15) is 38.1 Å². The third kappa shape index (κ3) is 4.91. The van der Waals surface area contributed by atoms with Crippen molar-refractivity contribution in [2.75, 3.05) is 23.5 Å². The van der Waals surface area contributed by atoms with E-state index < -0.39 is 0 Å². The predicted molar refractivity (Wildman–Crippen MR) is 144 cm³/mol. The van der Waals surface area contributed by atoms with E-state index in [1.54, 1.807) is 11.8 Å². The van der Waals surface area contributed by atoms with Gasteiger partial charge >= 0.3 is 0 Å². The topological polar surface area (TPSA) is 61.0 Å². The Morgan fingerprint density at radius 2 is 2.09 bits per heavy atom. The van der Waals surface area contributed by atoms with Crippen LogP contribution in [0.5, 0.6) is 0 Å². The number of thioether (sulfide) groups is 2. The molecular weight excluding hydrogens is 460 g/mol. The lowest BCUT2D eigenvalue weighted by molar-refractivity contribution is -0.121. The first-order valence-corrected chi connectivity index (χ1v) is 14.0. The number of amides is 1. The Balaban J connectivity index is 1.32. The van der Waals surface area contributed by atoms with Crippen LogP contribution in [0.15, 0.2) is 76.2 Å². The van der Waals surface area contributed by atoms with Crippen molar-refractivity contribution in [3.05, 3.63) is 77.1 Å². The number of benzene rings is 2. The Kier molecular flexibility index (Phi) is 7.02. The Bertz CT molecular complexity index is 1220. The molecule has 2 N–H and O–H groups in total. The molecule has 1 amide bonds. The number of imidazole rings is 1. The van der Waals surface area contributed by atoms with Crippen LogP contribution < -0.4 is 10.2 Å². The number of hydrogen-bond acceptors (Lipinski definition) is 5. The van der Waals surface area contributed by atoms with Crippen molar-refractivity contribution >= 4 is 46.2 Å². The summed E-state index contributed by atoms with van der Waals surface area (Å²) >= 11 is 3.62. The van der Waals surface area contributed by atoms with E-state index in [1.165, 1.54) is 21.2 Å². The van der Waals surface area contributed by atoms with Crippen LogP contribution in [0, 0.1) is 5.92 Å². The number of carbonyl (C=O) groups excluding carboxylic acids is 1. The van der Waals surface area contributed by atoms with Crippen molar-refractivity contribution < 1.29 is 4.79 Å². The molecule has 1 aromatic heterocycles. The van der Waals surface area contributed by atoms with Gasteiger partial charge in [0.1, 0.15) is 5.82 Å². The minimum absolute atomic E-state index is 0.0591. The van der Waals surface area contributed by atoms with Crippen molar-refractivity contribution in [2.24, 2.45) is 5.92 Å². The number of rotatable bonds is 8. The monoisotopic (exact) mass is 490 g/mol. The number of para-hydroxylation sites is 3. The van der Waals surface area contributed by atoms with Gasteiger partial charge in [-0.1, -0.05) is 55.1 Å². The number of hydrogen-bond donors (Lipinski definition) is 2. The molecule has 0 bridgehead atoms. The second-order valence-corrected chi connectivity index (χ2v) is 10.9. The summed E-state index contributed by atoms with van der Waals surface area (Å²) in [5.74, 6) is 2.35. The van der Waals surface area contributed by atoms with Crippen molar-refractivity contribution in [2.45, 2.75) is 37.1 Å². The summed E-state index contributed by atoms with van der Waals surface area (Å²) < 4.78 is 0. The molecule has 176 valence electrons. The molecule has 2 aliphatic rings. The van der Waals surface area contributed by atoms with Gasteiger partial charge in [-0.2, -0.15) is 11.8 Å². The molecular formula is C27H30N4OS2. The quantitative estimate of drug-likeness (QED) is 0.389. The van der Waals surface area contributed by atoms with Crippen LogP contribution in [-0.2, 0) is 4.79 Å². The highest BCUT2D eigenvalue weighted by atomic mass is 32.2. The zero-order valence-corrected chi connectivity index (χ0v) is 21.2. The largest absolute Gasteiger partial charge is 0.346 e. The highest BCUT2D eigenvalue weighted by molar-refractivity contribution is 8.03. The SMILES string of the molecule is CSCCC(NC(=O)CCN1C2=C(C=CC(C)C2)Sc2ccccc21)c1nc2ccccc2[nH]1. The van der Waals surface area contributed by atoms with Gasteiger partial charge in [0.25, 0.3) is 0 Å². The maximum atomic E-state index is 13.2. The number of carbonyl (C=O) groups is 1. The first kappa shape index (κ1) is 23.1. The number of fused-ring (bicyclic) bond motifs is 2. The van der Waals surface area contributed by atoms with E-state index in [4.69, 9.17) is 4.98 Å². The molecule has 2 aromatic carbocycles. The van der Waals surface area contributed by atoms with Gasteiger partial charge in [0.15, 0.2) is 0 Å². The molecule has 34 heavy (non-hydrogen) atoms. The Morgan fingerprint density at radius 1 is 1.26 bits per heavy atom. The Morgan fingerprint density at radius 3 is 2.94 bits per heavy atom. The summed E-state index contributed by atoms with van der Waals surface area (Å²) in [6, 6.07) is 16.4. The second kappa shape index (κ2) is 10.3. The van der Waals surface area contributed by atoms with E-state index in [1.807, 2.05) is 36.0 Å². The summed E-state index contributed by atoms with van der Waals surface area (Å²) in [4.78, 5) is 26.2. The zero-order valence-electron chi connectivity index (χ0n) is 19.6. The molecule has 0 spiro atoms. The van der Waals surface area contributed by atoms with Crippen molar-refractivity contribution in [1.82, 2.24) is 15.3 Å². The van der Waals surface area contributed by atoms with Crippen molar-refractivity contribution in [3.8, 4) is 0 Å². The molecule has 1 aliphatic heterocycles.